The first-order valence-corrected chi connectivity index (χ1v) is 12.3. The van der Waals surface area contributed by atoms with Crippen LogP contribution in [0.5, 0.6) is 0 Å². The molecule has 1 aliphatic rings. The third-order valence-electron chi connectivity index (χ3n) is 6.47. The molecule has 8 heteroatoms. The molecule has 1 aromatic carbocycles. The molecular weight excluding hydrogens is 436 g/mol. The zero-order chi connectivity index (χ0) is 24.0. The van der Waals surface area contributed by atoms with Gasteiger partial charge in [0.05, 0.1) is 5.69 Å². The minimum Gasteiger partial charge on any atom is -0.324 e. The molecule has 0 bridgehead atoms. The molecule has 0 saturated carbocycles. The van der Waals surface area contributed by atoms with Gasteiger partial charge in [0, 0.05) is 82.3 Å². The molecular formula is C27H34N8. The monoisotopic (exact) mass is 470 g/mol. The highest BCUT2D eigenvalue weighted by atomic mass is 15.3. The van der Waals surface area contributed by atoms with Gasteiger partial charge in [0.1, 0.15) is 5.69 Å². The molecule has 0 aliphatic carbocycles. The normalized spacial score (nSPS) is 14.8. The first kappa shape index (κ1) is 23.1. The molecule has 3 aromatic heterocycles. The van der Waals surface area contributed by atoms with Crippen LogP contribution in [0.4, 0.5) is 11.6 Å². The number of aromatic nitrogens is 5. The lowest BCUT2D eigenvalue weighted by molar-refractivity contribution is 0.155. The van der Waals surface area contributed by atoms with Crippen molar-refractivity contribution in [2.45, 2.75) is 19.9 Å². The van der Waals surface area contributed by atoms with E-state index in [1.807, 2.05) is 35.3 Å². The minimum absolute atomic E-state index is 0. The van der Waals surface area contributed by atoms with Crippen LogP contribution in [0, 0.1) is 0 Å². The standard InChI is InChI=1S/C27H32N8.H2/c1-3-35-20-24(26(32-35)22-5-4-12-28-19-22)25-10-13-29-27(31-25)30-23-8-6-21(7-9-23)11-14-34-17-15-33(2)16-18-34;/h4-10,12-13,19-20H,3,11,14-18H2,1-2H3,(H,29,30,31);1H. The molecule has 5 rings (SSSR count). The third kappa shape index (κ3) is 5.72. The second-order valence-electron chi connectivity index (χ2n) is 8.97. The smallest absolute Gasteiger partial charge is 0.227 e. The van der Waals surface area contributed by atoms with Crippen LogP contribution in [0.3, 0.4) is 0 Å². The SMILES string of the molecule is CCn1cc(-c2ccnc(Nc3ccc(CCN4CCN(C)CC4)cc3)n2)c(-c2cccnc2)n1.[HH]. The van der Waals surface area contributed by atoms with E-state index in [1.165, 1.54) is 5.56 Å². The van der Waals surface area contributed by atoms with Crippen molar-refractivity contribution in [1.82, 2.24) is 34.5 Å². The highest BCUT2D eigenvalue weighted by Crippen LogP contribution is 2.30. The van der Waals surface area contributed by atoms with Gasteiger partial charge >= 0.3 is 0 Å². The van der Waals surface area contributed by atoms with E-state index < -0.39 is 0 Å². The van der Waals surface area contributed by atoms with Crippen LogP contribution < -0.4 is 5.32 Å². The average molecular weight is 471 g/mol. The largest absolute Gasteiger partial charge is 0.324 e. The van der Waals surface area contributed by atoms with Gasteiger partial charge in [-0.2, -0.15) is 5.10 Å². The minimum atomic E-state index is 0. The predicted octanol–water partition coefficient (Wildman–Crippen LogP) is 4.20. The molecule has 8 nitrogen and oxygen atoms in total. The number of aryl methyl sites for hydroxylation is 1. The van der Waals surface area contributed by atoms with Crippen molar-refractivity contribution in [3.63, 3.8) is 0 Å². The Hall–Kier alpha value is -3.62. The van der Waals surface area contributed by atoms with Crippen LogP contribution in [0.2, 0.25) is 0 Å². The fourth-order valence-electron chi connectivity index (χ4n) is 4.30. The quantitative estimate of drug-likeness (QED) is 0.414. The van der Waals surface area contributed by atoms with Gasteiger partial charge in [0.25, 0.3) is 0 Å². The maximum Gasteiger partial charge on any atom is 0.227 e. The van der Waals surface area contributed by atoms with Gasteiger partial charge in [-0.05, 0) is 56.3 Å². The molecule has 0 spiro atoms. The summed E-state index contributed by atoms with van der Waals surface area (Å²) in [6.07, 6.45) is 8.48. The van der Waals surface area contributed by atoms with E-state index in [-0.39, 0.29) is 1.43 Å². The van der Waals surface area contributed by atoms with E-state index in [1.54, 1.807) is 12.4 Å². The lowest BCUT2D eigenvalue weighted by atomic mass is 10.1. The first-order chi connectivity index (χ1) is 17.2. The fraction of sp³-hybridized carbons (Fsp3) is 0.333. The molecule has 182 valence electrons. The van der Waals surface area contributed by atoms with E-state index in [9.17, 15) is 0 Å². The van der Waals surface area contributed by atoms with E-state index in [0.29, 0.717) is 5.95 Å². The van der Waals surface area contributed by atoms with Gasteiger partial charge in [0.15, 0.2) is 0 Å². The maximum atomic E-state index is 4.79. The van der Waals surface area contributed by atoms with Gasteiger partial charge in [-0.3, -0.25) is 9.67 Å². The highest BCUT2D eigenvalue weighted by Gasteiger charge is 2.15. The zero-order valence-corrected chi connectivity index (χ0v) is 20.4. The van der Waals surface area contributed by atoms with Crippen molar-refractivity contribution in [3.05, 3.63) is 72.8 Å². The van der Waals surface area contributed by atoms with Gasteiger partial charge in [0.2, 0.25) is 5.95 Å². The Kier molecular flexibility index (Phi) is 7.11. The Morgan fingerprint density at radius 2 is 1.83 bits per heavy atom. The molecule has 35 heavy (non-hydrogen) atoms. The summed E-state index contributed by atoms with van der Waals surface area (Å²) >= 11 is 0. The van der Waals surface area contributed by atoms with Crippen molar-refractivity contribution in [3.8, 4) is 22.5 Å². The number of anilines is 2. The Labute approximate surface area is 208 Å². The first-order valence-electron chi connectivity index (χ1n) is 12.3. The van der Waals surface area contributed by atoms with Crippen molar-refractivity contribution in [2.75, 3.05) is 45.1 Å². The number of rotatable bonds is 8. The summed E-state index contributed by atoms with van der Waals surface area (Å²) in [6.45, 7) is 8.59. The van der Waals surface area contributed by atoms with Gasteiger partial charge in [-0.25, -0.2) is 9.97 Å². The molecule has 0 radical (unpaired) electrons. The van der Waals surface area contributed by atoms with E-state index >= 15 is 0 Å². The lowest BCUT2D eigenvalue weighted by Crippen LogP contribution is -2.45. The molecule has 4 heterocycles. The van der Waals surface area contributed by atoms with Crippen molar-refractivity contribution >= 4 is 11.6 Å². The number of nitrogens with zero attached hydrogens (tertiary/aromatic N) is 7. The van der Waals surface area contributed by atoms with Gasteiger partial charge in [-0.1, -0.05) is 12.1 Å². The summed E-state index contributed by atoms with van der Waals surface area (Å²) < 4.78 is 1.92. The van der Waals surface area contributed by atoms with Crippen molar-refractivity contribution in [2.24, 2.45) is 0 Å². The lowest BCUT2D eigenvalue weighted by Gasteiger charge is -2.32. The number of benzene rings is 1. The van der Waals surface area contributed by atoms with Crippen LogP contribution in [0.25, 0.3) is 22.5 Å². The summed E-state index contributed by atoms with van der Waals surface area (Å²) in [7, 11) is 2.19. The van der Waals surface area contributed by atoms with Gasteiger partial charge < -0.3 is 15.1 Å². The Balaban J connectivity index is 0.00000304. The Bertz CT molecular complexity index is 1230. The number of hydrogen-bond acceptors (Lipinski definition) is 7. The Morgan fingerprint density at radius 3 is 2.57 bits per heavy atom. The maximum absolute atomic E-state index is 4.79. The van der Waals surface area contributed by atoms with Crippen molar-refractivity contribution < 1.29 is 1.43 Å². The number of hydrogen-bond donors (Lipinski definition) is 1. The van der Waals surface area contributed by atoms with Crippen LogP contribution in [0.15, 0.2) is 67.3 Å². The molecule has 1 fully saturated rings. The average Bonchev–Trinajstić information content (AvgIpc) is 3.35. The van der Waals surface area contributed by atoms with Crippen molar-refractivity contribution in [1.29, 1.82) is 0 Å². The summed E-state index contributed by atoms with van der Waals surface area (Å²) in [5.41, 5.74) is 5.94. The topological polar surface area (TPSA) is 75.0 Å². The van der Waals surface area contributed by atoms with E-state index in [4.69, 9.17) is 10.1 Å². The summed E-state index contributed by atoms with van der Waals surface area (Å²) in [5, 5.41) is 8.10. The molecule has 1 aliphatic heterocycles. The van der Waals surface area contributed by atoms with Crippen LogP contribution in [-0.2, 0) is 13.0 Å². The predicted molar refractivity (Wildman–Crippen MR) is 142 cm³/mol. The molecule has 0 unspecified atom stereocenters. The molecule has 0 atom stereocenters. The molecule has 1 saturated heterocycles. The van der Waals surface area contributed by atoms with Crippen LogP contribution in [-0.4, -0.2) is 74.3 Å². The second kappa shape index (κ2) is 10.8. The number of nitrogens with one attached hydrogen (secondary N) is 1. The second-order valence-corrected chi connectivity index (χ2v) is 8.97. The summed E-state index contributed by atoms with van der Waals surface area (Å²) in [4.78, 5) is 18.4. The summed E-state index contributed by atoms with van der Waals surface area (Å²) in [6, 6.07) is 14.4. The number of pyridine rings is 1. The highest BCUT2D eigenvalue weighted by molar-refractivity contribution is 5.78. The van der Waals surface area contributed by atoms with Crippen LogP contribution >= 0.6 is 0 Å². The van der Waals surface area contributed by atoms with E-state index in [2.05, 4.69) is 63.3 Å². The van der Waals surface area contributed by atoms with Gasteiger partial charge in [-0.15, -0.1) is 0 Å². The number of likely N-dealkylation sites (N-methyl/N-ethyl adjacent to an activating group) is 1. The Morgan fingerprint density at radius 1 is 1.00 bits per heavy atom. The zero-order valence-electron chi connectivity index (χ0n) is 20.4. The molecule has 0 amide bonds. The fourth-order valence-corrected chi connectivity index (χ4v) is 4.30. The number of piperazine rings is 1. The van der Waals surface area contributed by atoms with Crippen LogP contribution in [0.1, 0.15) is 13.9 Å². The van der Waals surface area contributed by atoms with E-state index in [0.717, 1.165) is 73.9 Å². The molecule has 4 aromatic rings. The third-order valence-corrected chi connectivity index (χ3v) is 6.47. The molecule has 1 N–H and O–H groups in total. The summed E-state index contributed by atoms with van der Waals surface area (Å²) in [5.74, 6) is 0.564.